The average Bonchev–Trinajstić information content (AvgIpc) is 2.30. The summed E-state index contributed by atoms with van der Waals surface area (Å²) in [7, 11) is -3.64. The predicted molar refractivity (Wildman–Crippen MR) is 63.7 cm³/mol. The fourth-order valence-electron chi connectivity index (χ4n) is 1.20. The number of nitrogen functional groups attached to an aromatic ring is 1. The van der Waals surface area contributed by atoms with Gasteiger partial charge in [-0.3, -0.25) is 9.71 Å². The van der Waals surface area contributed by atoms with Crippen LogP contribution in [-0.4, -0.2) is 18.4 Å². The number of nitrogens with two attached hydrogens (primary N) is 1. The molecular weight excluding hydrogens is 240 g/mol. The number of hydrogen-bond donors (Lipinski definition) is 2. The molecule has 1 aromatic carbocycles. The van der Waals surface area contributed by atoms with Crippen LogP contribution in [0.25, 0.3) is 0 Å². The highest BCUT2D eigenvalue weighted by Gasteiger charge is 2.14. The van der Waals surface area contributed by atoms with Crippen LogP contribution < -0.4 is 10.5 Å². The molecule has 0 radical (unpaired) electrons. The van der Waals surface area contributed by atoms with Crippen molar-refractivity contribution in [2.45, 2.75) is 4.90 Å². The van der Waals surface area contributed by atoms with E-state index in [-0.39, 0.29) is 10.7 Å². The Bertz CT molecular complexity index is 596. The van der Waals surface area contributed by atoms with E-state index in [0.29, 0.717) is 5.69 Å². The Morgan fingerprint density at radius 2 is 1.82 bits per heavy atom. The Balaban J connectivity index is 2.29. The molecule has 0 spiro atoms. The standard InChI is InChI=1S/C10H10N4O2S/c11-8-1-3-9(4-2-8)17(15,16)14-10-7-12-5-6-13-10/h1-7H,11H2,(H,13,14). The van der Waals surface area contributed by atoms with Crippen LogP contribution >= 0.6 is 0 Å². The fraction of sp³-hybridized carbons (Fsp3) is 0. The number of rotatable bonds is 3. The molecule has 2 rings (SSSR count). The summed E-state index contributed by atoms with van der Waals surface area (Å²) in [5, 5.41) is 0. The highest BCUT2D eigenvalue weighted by molar-refractivity contribution is 7.92. The van der Waals surface area contributed by atoms with Crippen LogP contribution in [0.2, 0.25) is 0 Å². The molecule has 0 fully saturated rings. The van der Waals surface area contributed by atoms with Gasteiger partial charge in [-0.05, 0) is 24.3 Å². The maximum atomic E-state index is 11.9. The molecule has 0 atom stereocenters. The quantitative estimate of drug-likeness (QED) is 0.787. The number of benzene rings is 1. The molecule has 1 aromatic heterocycles. The fourth-order valence-corrected chi connectivity index (χ4v) is 2.19. The molecule has 0 aliphatic rings. The lowest BCUT2D eigenvalue weighted by molar-refractivity contribution is 0.601. The van der Waals surface area contributed by atoms with Gasteiger partial charge in [0.1, 0.15) is 0 Å². The van der Waals surface area contributed by atoms with Gasteiger partial charge in [0.2, 0.25) is 0 Å². The molecule has 0 amide bonds. The van der Waals surface area contributed by atoms with E-state index in [1.807, 2.05) is 0 Å². The largest absolute Gasteiger partial charge is 0.399 e. The van der Waals surface area contributed by atoms with Crippen molar-refractivity contribution < 1.29 is 8.42 Å². The summed E-state index contributed by atoms with van der Waals surface area (Å²) in [4.78, 5) is 7.72. The first-order valence-corrected chi connectivity index (χ1v) is 6.20. The molecule has 3 N–H and O–H groups in total. The highest BCUT2D eigenvalue weighted by atomic mass is 32.2. The Kier molecular flexibility index (Phi) is 2.92. The molecule has 6 nitrogen and oxygen atoms in total. The topological polar surface area (TPSA) is 98.0 Å². The normalized spacial score (nSPS) is 11.1. The third-order valence-electron chi connectivity index (χ3n) is 1.99. The monoisotopic (exact) mass is 250 g/mol. The van der Waals surface area contributed by atoms with Crippen LogP contribution in [-0.2, 0) is 10.0 Å². The number of hydrogen-bond acceptors (Lipinski definition) is 5. The zero-order valence-corrected chi connectivity index (χ0v) is 9.55. The molecule has 0 saturated carbocycles. The molecule has 0 aliphatic carbocycles. The minimum absolute atomic E-state index is 0.123. The van der Waals surface area contributed by atoms with Crippen LogP contribution in [0.15, 0.2) is 47.8 Å². The third kappa shape index (κ3) is 2.70. The van der Waals surface area contributed by atoms with Gasteiger partial charge < -0.3 is 5.73 Å². The summed E-state index contributed by atoms with van der Waals surface area (Å²) in [5.41, 5.74) is 5.99. The molecule has 0 unspecified atom stereocenters. The van der Waals surface area contributed by atoms with Gasteiger partial charge in [0.15, 0.2) is 5.82 Å². The molecule has 2 aromatic rings. The van der Waals surface area contributed by atoms with Gasteiger partial charge in [-0.2, -0.15) is 0 Å². The van der Waals surface area contributed by atoms with E-state index in [4.69, 9.17) is 5.73 Å². The second-order valence-corrected chi connectivity index (χ2v) is 4.95. The van der Waals surface area contributed by atoms with Gasteiger partial charge in [0.25, 0.3) is 10.0 Å². The van der Waals surface area contributed by atoms with Crippen LogP contribution in [0.1, 0.15) is 0 Å². The van der Waals surface area contributed by atoms with Crippen molar-refractivity contribution in [3.63, 3.8) is 0 Å². The van der Waals surface area contributed by atoms with Gasteiger partial charge >= 0.3 is 0 Å². The van der Waals surface area contributed by atoms with Crippen molar-refractivity contribution in [3.05, 3.63) is 42.9 Å². The van der Waals surface area contributed by atoms with Crippen molar-refractivity contribution >= 4 is 21.5 Å². The van der Waals surface area contributed by atoms with Crippen LogP contribution in [0.4, 0.5) is 11.5 Å². The minimum atomic E-state index is -3.64. The lowest BCUT2D eigenvalue weighted by Crippen LogP contribution is -2.13. The van der Waals surface area contributed by atoms with Crippen LogP contribution in [0.3, 0.4) is 0 Å². The molecule has 0 saturated heterocycles. The van der Waals surface area contributed by atoms with Gasteiger partial charge in [-0.15, -0.1) is 0 Å². The van der Waals surface area contributed by atoms with Gasteiger partial charge in [-0.25, -0.2) is 13.4 Å². The SMILES string of the molecule is Nc1ccc(S(=O)(=O)Nc2cnccn2)cc1. The molecule has 0 bridgehead atoms. The summed E-state index contributed by atoms with van der Waals surface area (Å²) in [6, 6.07) is 5.89. The van der Waals surface area contributed by atoms with Crippen molar-refractivity contribution in [3.8, 4) is 0 Å². The first-order chi connectivity index (χ1) is 8.08. The summed E-state index contributed by atoms with van der Waals surface area (Å²) < 4.78 is 26.1. The first kappa shape index (κ1) is 11.3. The van der Waals surface area contributed by atoms with E-state index < -0.39 is 10.0 Å². The van der Waals surface area contributed by atoms with Crippen molar-refractivity contribution in [2.75, 3.05) is 10.5 Å². The molecule has 0 aliphatic heterocycles. The third-order valence-corrected chi connectivity index (χ3v) is 3.36. The summed E-state index contributed by atoms with van der Waals surface area (Å²) in [6.45, 7) is 0. The average molecular weight is 250 g/mol. The summed E-state index contributed by atoms with van der Waals surface area (Å²) in [6.07, 6.45) is 4.19. The van der Waals surface area contributed by atoms with Crippen molar-refractivity contribution in [1.82, 2.24) is 9.97 Å². The molecule has 17 heavy (non-hydrogen) atoms. The molecule has 1 heterocycles. The first-order valence-electron chi connectivity index (χ1n) is 4.72. The second kappa shape index (κ2) is 4.38. The van der Waals surface area contributed by atoms with E-state index in [1.54, 1.807) is 0 Å². The number of aromatic nitrogens is 2. The zero-order chi connectivity index (χ0) is 12.3. The maximum absolute atomic E-state index is 11.9. The number of anilines is 2. The lowest BCUT2D eigenvalue weighted by atomic mass is 10.3. The van der Waals surface area contributed by atoms with E-state index in [9.17, 15) is 8.42 Å². The molecule has 7 heteroatoms. The maximum Gasteiger partial charge on any atom is 0.263 e. The van der Waals surface area contributed by atoms with Crippen LogP contribution in [0.5, 0.6) is 0 Å². The Morgan fingerprint density at radius 1 is 1.12 bits per heavy atom. The minimum Gasteiger partial charge on any atom is -0.399 e. The van der Waals surface area contributed by atoms with E-state index in [0.717, 1.165) is 0 Å². The lowest BCUT2D eigenvalue weighted by Gasteiger charge is -2.06. The summed E-state index contributed by atoms with van der Waals surface area (Å²) in [5.74, 6) is 0.171. The predicted octanol–water partition coefficient (Wildman–Crippen LogP) is 0.860. The van der Waals surface area contributed by atoms with Crippen LogP contribution in [0, 0.1) is 0 Å². The van der Waals surface area contributed by atoms with Gasteiger partial charge in [-0.1, -0.05) is 0 Å². The molecule has 88 valence electrons. The summed E-state index contributed by atoms with van der Waals surface area (Å²) >= 11 is 0. The number of nitrogens with zero attached hydrogens (tertiary/aromatic N) is 2. The Morgan fingerprint density at radius 3 is 2.41 bits per heavy atom. The molecular formula is C10H10N4O2S. The Hall–Kier alpha value is -2.15. The van der Waals surface area contributed by atoms with Crippen molar-refractivity contribution in [1.29, 1.82) is 0 Å². The second-order valence-electron chi connectivity index (χ2n) is 3.27. The van der Waals surface area contributed by atoms with E-state index >= 15 is 0 Å². The van der Waals surface area contributed by atoms with E-state index in [2.05, 4.69) is 14.7 Å². The smallest absolute Gasteiger partial charge is 0.263 e. The van der Waals surface area contributed by atoms with Crippen molar-refractivity contribution in [2.24, 2.45) is 0 Å². The zero-order valence-electron chi connectivity index (χ0n) is 8.74. The number of sulfonamides is 1. The highest BCUT2D eigenvalue weighted by Crippen LogP contribution is 2.14. The van der Waals surface area contributed by atoms with Gasteiger partial charge in [0, 0.05) is 18.1 Å². The van der Waals surface area contributed by atoms with Gasteiger partial charge in [0.05, 0.1) is 11.1 Å². The number of nitrogens with one attached hydrogen (secondary N) is 1. The van der Waals surface area contributed by atoms with E-state index in [1.165, 1.54) is 42.9 Å². The Labute approximate surface area is 98.6 Å².